The van der Waals surface area contributed by atoms with Gasteiger partial charge >= 0.3 is 0 Å². The lowest BCUT2D eigenvalue weighted by atomic mass is 9.82. The molecule has 0 bridgehead atoms. The van der Waals surface area contributed by atoms with Crippen LogP contribution in [0.1, 0.15) is 35.6 Å². The van der Waals surface area contributed by atoms with Crippen molar-refractivity contribution in [1.29, 1.82) is 0 Å². The highest BCUT2D eigenvalue weighted by Crippen LogP contribution is 2.43. The Balaban J connectivity index is 1.43. The molecule has 7 heteroatoms. The number of likely N-dealkylation sites (tertiary alicyclic amines) is 1. The minimum Gasteiger partial charge on any atom is -0.493 e. The topological polar surface area (TPSA) is 54.0 Å². The molecule has 0 aromatic heterocycles. The molecular weight excluding hydrogens is 433 g/mol. The molecule has 0 saturated carbocycles. The molecule has 0 spiro atoms. The Hall–Kier alpha value is -2.64. The Bertz CT molecular complexity index is 1020. The molecule has 1 N–H and O–H groups in total. The van der Waals surface area contributed by atoms with Gasteiger partial charge in [-0.1, -0.05) is 30.3 Å². The van der Waals surface area contributed by atoms with Gasteiger partial charge in [0.1, 0.15) is 0 Å². The van der Waals surface area contributed by atoms with E-state index in [1.165, 1.54) is 16.7 Å². The lowest BCUT2D eigenvalue weighted by Gasteiger charge is -2.50. The third kappa shape index (κ3) is 4.39. The van der Waals surface area contributed by atoms with Gasteiger partial charge in [-0.2, -0.15) is 0 Å². The summed E-state index contributed by atoms with van der Waals surface area (Å²) in [6.07, 6.45) is 2.13. The van der Waals surface area contributed by atoms with Gasteiger partial charge in [0.2, 0.25) is 5.91 Å². The van der Waals surface area contributed by atoms with Gasteiger partial charge in [-0.25, -0.2) is 0 Å². The van der Waals surface area contributed by atoms with Crippen molar-refractivity contribution in [2.45, 2.75) is 43.9 Å². The number of amides is 1. The lowest BCUT2D eigenvalue weighted by molar-refractivity contribution is -0.132. The van der Waals surface area contributed by atoms with Crippen molar-refractivity contribution in [3.8, 4) is 11.5 Å². The van der Waals surface area contributed by atoms with E-state index in [1.54, 1.807) is 14.2 Å². The van der Waals surface area contributed by atoms with Crippen molar-refractivity contribution in [3.05, 3.63) is 59.2 Å². The second kappa shape index (κ2) is 9.92. The third-order valence-electron chi connectivity index (χ3n) is 7.75. The zero-order chi connectivity index (χ0) is 23.7. The molecule has 2 aromatic rings. The number of piperidine rings is 1. The number of hydrogen-bond acceptors (Lipinski definition) is 5. The highest BCUT2D eigenvalue weighted by Gasteiger charge is 2.45. The van der Waals surface area contributed by atoms with E-state index in [-0.39, 0.29) is 30.0 Å². The van der Waals surface area contributed by atoms with Gasteiger partial charge in [-0.3, -0.25) is 14.1 Å². The van der Waals surface area contributed by atoms with E-state index in [4.69, 9.17) is 9.47 Å². The van der Waals surface area contributed by atoms with Crippen molar-refractivity contribution in [3.63, 3.8) is 0 Å². The minimum atomic E-state index is -0.432. The maximum Gasteiger partial charge on any atom is 0.223 e. The smallest absolute Gasteiger partial charge is 0.223 e. The van der Waals surface area contributed by atoms with Crippen LogP contribution in [0.15, 0.2) is 42.5 Å². The molecule has 3 aliphatic heterocycles. The van der Waals surface area contributed by atoms with Crippen LogP contribution in [0.5, 0.6) is 11.5 Å². The van der Waals surface area contributed by atoms with E-state index in [9.17, 15) is 9.18 Å². The molecule has 34 heavy (non-hydrogen) atoms. The zero-order valence-corrected chi connectivity index (χ0v) is 20.0. The molecule has 6 nitrogen and oxygen atoms in total. The summed E-state index contributed by atoms with van der Waals surface area (Å²) in [6.45, 7) is 2.55. The van der Waals surface area contributed by atoms with E-state index in [0.717, 1.165) is 44.0 Å². The molecule has 1 amide bonds. The fourth-order valence-corrected chi connectivity index (χ4v) is 5.95. The van der Waals surface area contributed by atoms with E-state index < -0.39 is 6.67 Å². The largest absolute Gasteiger partial charge is 0.493 e. The lowest BCUT2D eigenvalue weighted by Crippen LogP contribution is -2.61. The average molecular weight is 468 g/mol. The average Bonchev–Trinajstić information content (AvgIpc) is 3.26. The third-order valence-corrected chi connectivity index (χ3v) is 7.75. The van der Waals surface area contributed by atoms with Crippen LogP contribution in [0, 0.1) is 5.92 Å². The molecule has 2 fully saturated rings. The molecule has 182 valence electrons. The van der Waals surface area contributed by atoms with Gasteiger partial charge in [-0.15, -0.1) is 0 Å². The first kappa shape index (κ1) is 23.1. The number of hydrogen-bond donors (Lipinski definition) is 1. The monoisotopic (exact) mass is 467 g/mol. The minimum absolute atomic E-state index is 0.0331. The van der Waals surface area contributed by atoms with Gasteiger partial charge in [0.05, 0.1) is 26.9 Å². The number of nitrogens with one attached hydrogen (secondary N) is 1. The maximum atomic E-state index is 13.4. The first-order valence-corrected chi connectivity index (χ1v) is 12.2. The first-order valence-electron chi connectivity index (χ1n) is 12.2. The summed E-state index contributed by atoms with van der Waals surface area (Å²) >= 11 is 0. The summed E-state index contributed by atoms with van der Waals surface area (Å²) in [4.78, 5) is 17.3. The molecular formula is C27H34FN3O3. The summed E-state index contributed by atoms with van der Waals surface area (Å²) < 4.78 is 24.6. The first-order chi connectivity index (χ1) is 16.6. The van der Waals surface area contributed by atoms with Crippen LogP contribution in [0.3, 0.4) is 0 Å². The number of methoxy groups -OCH3 is 2. The summed E-state index contributed by atoms with van der Waals surface area (Å²) in [7, 11) is 3.35. The molecule has 3 heterocycles. The van der Waals surface area contributed by atoms with Crippen LogP contribution >= 0.6 is 0 Å². The Morgan fingerprint density at radius 1 is 1.09 bits per heavy atom. The zero-order valence-electron chi connectivity index (χ0n) is 20.0. The molecule has 2 saturated heterocycles. The molecule has 2 aromatic carbocycles. The number of benzene rings is 2. The van der Waals surface area contributed by atoms with Crippen LogP contribution in [-0.4, -0.2) is 68.3 Å². The van der Waals surface area contributed by atoms with Crippen LogP contribution < -0.4 is 14.8 Å². The maximum absolute atomic E-state index is 13.4. The van der Waals surface area contributed by atoms with Crippen molar-refractivity contribution in [2.24, 2.45) is 5.92 Å². The molecule has 0 aliphatic carbocycles. The number of fused-ring (bicyclic) bond motifs is 3. The number of ether oxygens (including phenoxy) is 2. The Labute approximate surface area is 201 Å². The summed E-state index contributed by atoms with van der Waals surface area (Å²) in [5.74, 6) is 1.42. The number of rotatable bonds is 7. The van der Waals surface area contributed by atoms with Crippen molar-refractivity contribution in [1.82, 2.24) is 15.1 Å². The molecule has 5 rings (SSSR count). The molecule has 0 unspecified atom stereocenters. The van der Waals surface area contributed by atoms with Crippen molar-refractivity contribution < 1.29 is 18.7 Å². The molecule has 0 radical (unpaired) electrons. The van der Waals surface area contributed by atoms with Crippen LogP contribution in [0.25, 0.3) is 0 Å². The van der Waals surface area contributed by atoms with Crippen LogP contribution in [0.2, 0.25) is 0 Å². The molecule has 4 atom stereocenters. The standard InChI is InChI=1S/C27H34FN3O3/c1-33-25-11-20-8-9-30-17-24(31-16-19(14-28)10-27(31)32)22(29-15-18-6-4-3-5-7-18)13-23(30)21(20)12-26(25)34-2/h3-7,11-12,19,22-24,29H,8-10,13-17H2,1-2H3/t19-,22-,23+,24+/m1/s1. The highest BCUT2D eigenvalue weighted by atomic mass is 19.1. The second-order valence-corrected chi connectivity index (χ2v) is 9.71. The van der Waals surface area contributed by atoms with E-state index in [0.29, 0.717) is 13.0 Å². The predicted octanol–water partition coefficient (Wildman–Crippen LogP) is 3.35. The number of alkyl halides is 1. The number of carbonyl (C=O) groups is 1. The van der Waals surface area contributed by atoms with E-state index in [1.807, 2.05) is 23.1 Å². The second-order valence-electron chi connectivity index (χ2n) is 9.71. The van der Waals surface area contributed by atoms with Crippen molar-refractivity contribution >= 4 is 5.91 Å². The van der Waals surface area contributed by atoms with E-state index >= 15 is 0 Å². The number of nitrogens with zero attached hydrogens (tertiary/aromatic N) is 2. The van der Waals surface area contributed by atoms with Gasteiger partial charge in [0, 0.05) is 50.6 Å². The quantitative estimate of drug-likeness (QED) is 0.677. The Morgan fingerprint density at radius 2 is 1.85 bits per heavy atom. The predicted molar refractivity (Wildman–Crippen MR) is 129 cm³/mol. The van der Waals surface area contributed by atoms with Gasteiger partial charge in [-0.05, 0) is 41.7 Å². The van der Waals surface area contributed by atoms with Crippen LogP contribution in [0.4, 0.5) is 4.39 Å². The Morgan fingerprint density at radius 3 is 2.56 bits per heavy atom. The van der Waals surface area contributed by atoms with E-state index in [2.05, 4.69) is 34.5 Å². The number of halogens is 1. The Kier molecular flexibility index (Phi) is 6.75. The summed E-state index contributed by atoms with van der Waals surface area (Å²) in [5.41, 5.74) is 3.80. The highest BCUT2D eigenvalue weighted by molar-refractivity contribution is 5.79. The van der Waals surface area contributed by atoms with Gasteiger partial charge in [0.25, 0.3) is 0 Å². The normalized spacial score (nSPS) is 26.8. The van der Waals surface area contributed by atoms with Crippen molar-refractivity contribution in [2.75, 3.05) is 40.5 Å². The fourth-order valence-electron chi connectivity index (χ4n) is 5.95. The fraction of sp³-hybridized carbons (Fsp3) is 0.519. The van der Waals surface area contributed by atoms with Crippen LogP contribution in [-0.2, 0) is 17.8 Å². The van der Waals surface area contributed by atoms with Gasteiger partial charge < -0.3 is 19.7 Å². The SMILES string of the molecule is COc1cc2c(cc1OC)[C@@H]1C[C@@H](NCc3ccccc3)[C@@H](N3C[C@@H](CF)CC3=O)CN1CC2. The van der Waals surface area contributed by atoms with Gasteiger partial charge in [0.15, 0.2) is 11.5 Å². The summed E-state index contributed by atoms with van der Waals surface area (Å²) in [5, 5.41) is 3.76. The molecule has 3 aliphatic rings. The summed E-state index contributed by atoms with van der Waals surface area (Å²) in [6, 6.07) is 15.0. The number of carbonyl (C=O) groups excluding carboxylic acids is 1.